The Morgan fingerprint density at radius 3 is 2.48 bits per heavy atom. The lowest BCUT2D eigenvalue weighted by molar-refractivity contribution is -0.123. The lowest BCUT2D eigenvalue weighted by Crippen LogP contribution is -2.34. The number of carbonyl (C=O) groups excluding carboxylic acids is 1. The Morgan fingerprint density at radius 2 is 1.89 bits per heavy atom. The zero-order chi connectivity index (χ0) is 19.8. The summed E-state index contributed by atoms with van der Waals surface area (Å²) in [6.45, 7) is 8.41. The van der Waals surface area contributed by atoms with Gasteiger partial charge in [0.05, 0.1) is 25.2 Å². The molecular formula is C22H30N2O3. The molecule has 0 bridgehead atoms. The first kappa shape index (κ1) is 20.9. The SMILES string of the molecule is CC[C@H](C)COc1ccc([C@H](CO)NC(=O)[C@@H](C)c2ccccc2)c(C)n1. The first-order valence-electron chi connectivity index (χ1n) is 9.52. The molecule has 0 aliphatic carbocycles. The average molecular weight is 370 g/mol. The van der Waals surface area contributed by atoms with Crippen LogP contribution in [0.5, 0.6) is 5.88 Å². The predicted octanol–water partition coefficient (Wildman–Crippen LogP) is 3.77. The fourth-order valence-electron chi connectivity index (χ4n) is 2.75. The molecule has 5 heteroatoms. The number of nitrogens with zero attached hydrogens (tertiary/aromatic N) is 1. The summed E-state index contributed by atoms with van der Waals surface area (Å²) >= 11 is 0. The minimum atomic E-state index is -0.500. The van der Waals surface area contributed by atoms with Crippen molar-refractivity contribution < 1.29 is 14.6 Å². The third-order valence-electron chi connectivity index (χ3n) is 4.88. The molecule has 1 aromatic heterocycles. The van der Waals surface area contributed by atoms with Crippen LogP contribution < -0.4 is 10.1 Å². The molecule has 0 spiro atoms. The van der Waals surface area contributed by atoms with E-state index in [1.165, 1.54) is 0 Å². The Hall–Kier alpha value is -2.40. The molecule has 146 valence electrons. The molecular weight excluding hydrogens is 340 g/mol. The number of pyridine rings is 1. The molecule has 1 amide bonds. The summed E-state index contributed by atoms with van der Waals surface area (Å²) in [6, 6.07) is 12.7. The zero-order valence-corrected chi connectivity index (χ0v) is 16.6. The van der Waals surface area contributed by atoms with E-state index in [-0.39, 0.29) is 18.4 Å². The molecule has 2 rings (SSSR count). The summed E-state index contributed by atoms with van der Waals surface area (Å²) in [5.74, 6) is 0.608. The number of aliphatic hydroxyl groups excluding tert-OH is 1. The van der Waals surface area contributed by atoms with Crippen molar-refractivity contribution in [2.45, 2.75) is 46.1 Å². The van der Waals surface area contributed by atoms with E-state index in [0.29, 0.717) is 18.4 Å². The van der Waals surface area contributed by atoms with Crippen LogP contribution in [0.3, 0.4) is 0 Å². The Balaban J connectivity index is 2.07. The molecule has 3 atom stereocenters. The number of aliphatic hydroxyl groups is 1. The molecule has 1 aromatic carbocycles. The van der Waals surface area contributed by atoms with E-state index in [4.69, 9.17) is 4.74 Å². The standard InChI is InChI=1S/C22H30N2O3/c1-5-15(2)14-27-21-12-11-19(17(4)23-21)20(13-25)24-22(26)16(3)18-9-7-6-8-10-18/h6-12,15-16,20,25H,5,13-14H2,1-4H3,(H,24,26)/t15-,16-,20-/m0/s1. The first-order valence-corrected chi connectivity index (χ1v) is 9.52. The van der Waals surface area contributed by atoms with Gasteiger partial charge < -0.3 is 15.2 Å². The van der Waals surface area contributed by atoms with E-state index < -0.39 is 6.04 Å². The van der Waals surface area contributed by atoms with Gasteiger partial charge in [0.15, 0.2) is 0 Å². The highest BCUT2D eigenvalue weighted by molar-refractivity contribution is 5.83. The lowest BCUT2D eigenvalue weighted by Gasteiger charge is -2.21. The smallest absolute Gasteiger partial charge is 0.227 e. The van der Waals surface area contributed by atoms with Crippen molar-refractivity contribution in [1.29, 1.82) is 0 Å². The van der Waals surface area contributed by atoms with Crippen LogP contribution in [0.25, 0.3) is 0 Å². The number of rotatable bonds is 9. The molecule has 2 N–H and O–H groups in total. The van der Waals surface area contributed by atoms with Crippen molar-refractivity contribution in [2.75, 3.05) is 13.2 Å². The number of carbonyl (C=O) groups is 1. The van der Waals surface area contributed by atoms with Gasteiger partial charge in [-0.3, -0.25) is 4.79 Å². The van der Waals surface area contributed by atoms with Crippen molar-refractivity contribution in [1.82, 2.24) is 10.3 Å². The normalized spacial score (nSPS) is 14.3. The molecule has 0 aliphatic rings. The highest BCUT2D eigenvalue weighted by Gasteiger charge is 2.21. The highest BCUT2D eigenvalue weighted by Crippen LogP contribution is 2.22. The summed E-state index contributed by atoms with van der Waals surface area (Å²) in [7, 11) is 0. The summed E-state index contributed by atoms with van der Waals surface area (Å²) in [5, 5.41) is 12.7. The largest absolute Gasteiger partial charge is 0.477 e. The third kappa shape index (κ3) is 5.79. The molecule has 0 fully saturated rings. The van der Waals surface area contributed by atoms with E-state index in [0.717, 1.165) is 23.2 Å². The lowest BCUT2D eigenvalue weighted by atomic mass is 9.99. The topological polar surface area (TPSA) is 71.5 Å². The minimum absolute atomic E-state index is 0.128. The van der Waals surface area contributed by atoms with Gasteiger partial charge in [-0.2, -0.15) is 0 Å². The van der Waals surface area contributed by atoms with Crippen molar-refractivity contribution >= 4 is 5.91 Å². The van der Waals surface area contributed by atoms with Gasteiger partial charge in [-0.25, -0.2) is 4.98 Å². The van der Waals surface area contributed by atoms with Crippen LogP contribution in [0.1, 0.15) is 56.0 Å². The number of nitrogens with one attached hydrogen (secondary N) is 1. The molecule has 0 unspecified atom stereocenters. The Morgan fingerprint density at radius 1 is 1.19 bits per heavy atom. The Bertz CT molecular complexity index is 734. The summed E-state index contributed by atoms with van der Waals surface area (Å²) < 4.78 is 5.72. The molecule has 0 aliphatic heterocycles. The number of ether oxygens (including phenoxy) is 1. The van der Waals surface area contributed by atoms with Gasteiger partial charge in [0.25, 0.3) is 0 Å². The van der Waals surface area contributed by atoms with Crippen LogP contribution in [-0.4, -0.2) is 29.2 Å². The summed E-state index contributed by atoms with van der Waals surface area (Å²) in [6.07, 6.45) is 1.05. The maximum Gasteiger partial charge on any atom is 0.227 e. The van der Waals surface area contributed by atoms with Gasteiger partial charge >= 0.3 is 0 Å². The monoisotopic (exact) mass is 370 g/mol. The molecule has 2 aromatic rings. The zero-order valence-electron chi connectivity index (χ0n) is 16.6. The number of hydrogen-bond acceptors (Lipinski definition) is 4. The van der Waals surface area contributed by atoms with Gasteiger partial charge in [0.2, 0.25) is 11.8 Å². The third-order valence-corrected chi connectivity index (χ3v) is 4.88. The summed E-state index contributed by atoms with van der Waals surface area (Å²) in [4.78, 5) is 17.1. The fraction of sp³-hybridized carbons (Fsp3) is 0.455. The van der Waals surface area contributed by atoms with E-state index in [2.05, 4.69) is 24.1 Å². The minimum Gasteiger partial charge on any atom is -0.477 e. The maximum absolute atomic E-state index is 12.6. The van der Waals surface area contributed by atoms with Gasteiger partial charge in [-0.15, -0.1) is 0 Å². The number of benzene rings is 1. The molecule has 0 saturated heterocycles. The number of amides is 1. The van der Waals surface area contributed by atoms with Crippen LogP contribution >= 0.6 is 0 Å². The Kier molecular flexibility index (Phi) is 7.80. The molecule has 0 saturated carbocycles. The van der Waals surface area contributed by atoms with Gasteiger partial charge in [0.1, 0.15) is 0 Å². The quantitative estimate of drug-likeness (QED) is 0.705. The molecule has 27 heavy (non-hydrogen) atoms. The first-order chi connectivity index (χ1) is 13.0. The van der Waals surface area contributed by atoms with E-state index >= 15 is 0 Å². The van der Waals surface area contributed by atoms with E-state index in [9.17, 15) is 9.90 Å². The van der Waals surface area contributed by atoms with Gasteiger partial charge in [0, 0.05) is 11.8 Å². The van der Waals surface area contributed by atoms with Crippen LogP contribution in [-0.2, 0) is 4.79 Å². The van der Waals surface area contributed by atoms with Crippen molar-refractivity contribution in [3.05, 3.63) is 59.3 Å². The molecule has 0 radical (unpaired) electrons. The van der Waals surface area contributed by atoms with Crippen LogP contribution in [0.2, 0.25) is 0 Å². The van der Waals surface area contributed by atoms with Crippen molar-refractivity contribution in [2.24, 2.45) is 5.92 Å². The van der Waals surface area contributed by atoms with E-state index in [1.807, 2.05) is 50.2 Å². The number of hydrogen-bond donors (Lipinski definition) is 2. The maximum atomic E-state index is 12.6. The number of aromatic nitrogens is 1. The summed E-state index contributed by atoms with van der Waals surface area (Å²) in [5.41, 5.74) is 2.47. The van der Waals surface area contributed by atoms with Crippen molar-refractivity contribution in [3.63, 3.8) is 0 Å². The average Bonchev–Trinajstić information content (AvgIpc) is 2.70. The predicted molar refractivity (Wildman–Crippen MR) is 107 cm³/mol. The molecule has 1 heterocycles. The van der Waals surface area contributed by atoms with Crippen LogP contribution in [0.4, 0.5) is 0 Å². The second-order valence-corrected chi connectivity index (χ2v) is 7.02. The fourth-order valence-corrected chi connectivity index (χ4v) is 2.75. The van der Waals surface area contributed by atoms with Crippen LogP contribution in [0.15, 0.2) is 42.5 Å². The second-order valence-electron chi connectivity index (χ2n) is 7.02. The van der Waals surface area contributed by atoms with Crippen molar-refractivity contribution in [3.8, 4) is 5.88 Å². The van der Waals surface area contributed by atoms with Crippen LogP contribution in [0, 0.1) is 12.8 Å². The van der Waals surface area contributed by atoms with E-state index in [1.54, 1.807) is 6.07 Å². The highest BCUT2D eigenvalue weighted by atomic mass is 16.5. The number of aryl methyl sites for hydroxylation is 1. The Labute approximate surface area is 161 Å². The second kappa shape index (κ2) is 10.1. The molecule has 5 nitrogen and oxygen atoms in total. The van der Waals surface area contributed by atoms with Gasteiger partial charge in [-0.05, 0) is 37.0 Å². The van der Waals surface area contributed by atoms with Gasteiger partial charge in [-0.1, -0.05) is 50.6 Å².